The standard InChI is InChI=1S/C11H17N3O6/c1-12-11(19)14(3-2-4-15)10-8(13-6-17)9(18)7(5-16)20-10/h2-4,6-10,16,18H,5H2,1H3,(H,12,19)(H,13,17)/b3-2-/t7-,8-,9-,10-/m1/s1. The van der Waals surface area contributed by atoms with E-state index in [4.69, 9.17) is 9.84 Å². The van der Waals surface area contributed by atoms with Crippen LogP contribution in [0.5, 0.6) is 0 Å². The number of allylic oxidation sites excluding steroid dienone is 1. The predicted octanol–water partition coefficient (Wildman–Crippen LogP) is -2.47. The first-order valence-electron chi connectivity index (χ1n) is 5.86. The summed E-state index contributed by atoms with van der Waals surface area (Å²) in [6.07, 6.45) is -0.148. The molecule has 1 aliphatic heterocycles. The molecule has 0 spiro atoms. The molecule has 1 rings (SSSR count). The zero-order chi connectivity index (χ0) is 15.1. The van der Waals surface area contributed by atoms with Gasteiger partial charge in [0.1, 0.15) is 24.5 Å². The summed E-state index contributed by atoms with van der Waals surface area (Å²) in [6, 6.07) is -1.53. The topological polar surface area (TPSA) is 128 Å². The van der Waals surface area contributed by atoms with E-state index in [-0.39, 0.29) is 0 Å². The fourth-order valence-electron chi connectivity index (χ4n) is 1.92. The lowest BCUT2D eigenvalue weighted by Crippen LogP contribution is -2.53. The molecule has 0 aromatic rings. The van der Waals surface area contributed by atoms with Gasteiger partial charge in [-0.3, -0.25) is 14.5 Å². The Bertz CT molecular complexity index is 388. The molecule has 4 atom stereocenters. The zero-order valence-corrected chi connectivity index (χ0v) is 10.8. The third kappa shape index (κ3) is 3.32. The Hall–Kier alpha value is -1.97. The summed E-state index contributed by atoms with van der Waals surface area (Å²) in [5.41, 5.74) is 0. The minimum Gasteiger partial charge on any atom is -0.394 e. The van der Waals surface area contributed by atoms with E-state index in [1.54, 1.807) is 0 Å². The molecule has 1 aliphatic rings. The highest BCUT2D eigenvalue weighted by atomic mass is 16.5. The summed E-state index contributed by atoms with van der Waals surface area (Å²) in [6.45, 7) is -0.478. The molecule has 9 heteroatoms. The van der Waals surface area contributed by atoms with Crippen molar-refractivity contribution in [3.05, 3.63) is 12.3 Å². The number of aliphatic hydroxyl groups is 2. The van der Waals surface area contributed by atoms with Crippen LogP contribution in [0.4, 0.5) is 4.79 Å². The normalized spacial score (nSPS) is 29.1. The Balaban J connectivity index is 3.02. The average molecular weight is 287 g/mol. The van der Waals surface area contributed by atoms with Crippen molar-refractivity contribution in [1.29, 1.82) is 0 Å². The lowest BCUT2D eigenvalue weighted by atomic mass is 10.1. The SMILES string of the molecule is CNC(=O)N(/C=C\C=O)[C@@H]1O[C@H](CO)[C@@H](O)[C@H]1NC=O. The first-order valence-corrected chi connectivity index (χ1v) is 5.86. The van der Waals surface area contributed by atoms with Crippen LogP contribution in [0.25, 0.3) is 0 Å². The number of aliphatic hydroxyl groups excluding tert-OH is 2. The van der Waals surface area contributed by atoms with Crippen molar-refractivity contribution >= 4 is 18.7 Å². The second-order valence-electron chi connectivity index (χ2n) is 3.99. The Kier molecular flexibility index (Phi) is 6.10. The number of amides is 3. The fourth-order valence-corrected chi connectivity index (χ4v) is 1.92. The van der Waals surface area contributed by atoms with Crippen LogP contribution in [0, 0.1) is 0 Å². The van der Waals surface area contributed by atoms with E-state index in [9.17, 15) is 19.5 Å². The monoisotopic (exact) mass is 287 g/mol. The summed E-state index contributed by atoms with van der Waals surface area (Å²) >= 11 is 0. The van der Waals surface area contributed by atoms with E-state index in [0.29, 0.717) is 12.7 Å². The number of ether oxygens (including phenoxy) is 1. The lowest BCUT2D eigenvalue weighted by molar-refractivity contribution is -0.111. The van der Waals surface area contributed by atoms with Crippen LogP contribution in [-0.4, -0.2) is 72.0 Å². The summed E-state index contributed by atoms with van der Waals surface area (Å²) in [5.74, 6) is 0. The van der Waals surface area contributed by atoms with E-state index >= 15 is 0 Å². The van der Waals surface area contributed by atoms with Gasteiger partial charge < -0.3 is 25.6 Å². The van der Waals surface area contributed by atoms with Gasteiger partial charge >= 0.3 is 6.03 Å². The van der Waals surface area contributed by atoms with Crippen molar-refractivity contribution in [2.24, 2.45) is 0 Å². The van der Waals surface area contributed by atoms with E-state index in [0.717, 1.165) is 17.2 Å². The number of carbonyl (C=O) groups excluding carboxylic acids is 3. The van der Waals surface area contributed by atoms with E-state index in [1.807, 2.05) is 0 Å². The fraction of sp³-hybridized carbons (Fsp3) is 0.545. The predicted molar refractivity (Wildman–Crippen MR) is 66.2 cm³/mol. The molecule has 0 unspecified atom stereocenters. The number of urea groups is 1. The molecule has 3 amide bonds. The lowest BCUT2D eigenvalue weighted by Gasteiger charge is -2.28. The van der Waals surface area contributed by atoms with Gasteiger partial charge in [-0.1, -0.05) is 0 Å². The van der Waals surface area contributed by atoms with Crippen molar-refractivity contribution in [2.45, 2.75) is 24.5 Å². The Morgan fingerprint density at radius 3 is 2.65 bits per heavy atom. The molecular weight excluding hydrogens is 270 g/mol. The van der Waals surface area contributed by atoms with Crippen LogP contribution < -0.4 is 10.6 Å². The smallest absolute Gasteiger partial charge is 0.323 e. The molecule has 1 heterocycles. The van der Waals surface area contributed by atoms with Gasteiger partial charge in [-0.05, 0) is 6.08 Å². The molecule has 0 radical (unpaired) electrons. The summed E-state index contributed by atoms with van der Waals surface area (Å²) in [5, 5.41) is 23.7. The van der Waals surface area contributed by atoms with Crippen molar-refractivity contribution in [3.8, 4) is 0 Å². The number of nitrogens with zero attached hydrogens (tertiary/aromatic N) is 1. The number of hydrogen-bond donors (Lipinski definition) is 4. The molecule has 0 aliphatic carbocycles. The third-order valence-corrected chi connectivity index (χ3v) is 2.86. The first kappa shape index (κ1) is 16.1. The molecular formula is C11H17N3O6. The van der Waals surface area contributed by atoms with Crippen molar-refractivity contribution in [1.82, 2.24) is 15.5 Å². The van der Waals surface area contributed by atoms with Gasteiger partial charge in [0.2, 0.25) is 6.41 Å². The second-order valence-corrected chi connectivity index (χ2v) is 3.99. The first-order chi connectivity index (χ1) is 9.60. The highest BCUT2D eigenvalue weighted by molar-refractivity contribution is 5.76. The Morgan fingerprint density at radius 1 is 1.45 bits per heavy atom. The van der Waals surface area contributed by atoms with Crippen LogP contribution in [-0.2, 0) is 14.3 Å². The highest BCUT2D eigenvalue weighted by Gasteiger charge is 2.46. The molecule has 9 nitrogen and oxygen atoms in total. The van der Waals surface area contributed by atoms with E-state index in [2.05, 4.69) is 10.6 Å². The summed E-state index contributed by atoms with van der Waals surface area (Å²) < 4.78 is 5.35. The van der Waals surface area contributed by atoms with Crippen molar-refractivity contribution in [2.75, 3.05) is 13.7 Å². The van der Waals surface area contributed by atoms with E-state index < -0.39 is 37.1 Å². The van der Waals surface area contributed by atoms with Gasteiger partial charge in [0.05, 0.1) is 6.61 Å². The number of rotatable bonds is 6. The second kappa shape index (κ2) is 7.58. The number of aldehydes is 1. The van der Waals surface area contributed by atoms with Gasteiger partial charge in [0.15, 0.2) is 6.23 Å². The Morgan fingerprint density at radius 2 is 2.15 bits per heavy atom. The number of nitrogens with one attached hydrogen (secondary N) is 2. The van der Waals surface area contributed by atoms with E-state index in [1.165, 1.54) is 7.05 Å². The minimum atomic E-state index is -1.19. The van der Waals surface area contributed by atoms with Gasteiger partial charge in [-0.15, -0.1) is 0 Å². The summed E-state index contributed by atoms with van der Waals surface area (Å²) in [4.78, 5) is 33.7. The van der Waals surface area contributed by atoms with Crippen molar-refractivity contribution in [3.63, 3.8) is 0 Å². The quantitative estimate of drug-likeness (QED) is 0.317. The molecule has 20 heavy (non-hydrogen) atoms. The minimum absolute atomic E-state index is 0.357. The summed E-state index contributed by atoms with van der Waals surface area (Å²) in [7, 11) is 1.38. The van der Waals surface area contributed by atoms with Crippen molar-refractivity contribution < 1.29 is 29.3 Å². The third-order valence-electron chi connectivity index (χ3n) is 2.86. The van der Waals surface area contributed by atoms with Crippen LogP contribution in [0.2, 0.25) is 0 Å². The highest BCUT2D eigenvalue weighted by Crippen LogP contribution is 2.24. The molecule has 112 valence electrons. The zero-order valence-electron chi connectivity index (χ0n) is 10.8. The van der Waals surface area contributed by atoms with Crippen LogP contribution in [0.15, 0.2) is 12.3 Å². The van der Waals surface area contributed by atoms with Crippen LogP contribution in [0.3, 0.4) is 0 Å². The van der Waals surface area contributed by atoms with Gasteiger partial charge in [-0.2, -0.15) is 0 Å². The maximum atomic E-state index is 11.8. The molecule has 0 aromatic heterocycles. The maximum absolute atomic E-state index is 11.8. The maximum Gasteiger partial charge on any atom is 0.323 e. The van der Waals surface area contributed by atoms with Crippen LogP contribution >= 0.6 is 0 Å². The van der Waals surface area contributed by atoms with Crippen LogP contribution in [0.1, 0.15) is 0 Å². The number of hydrogen-bond acceptors (Lipinski definition) is 6. The molecule has 0 bridgehead atoms. The molecule has 0 aromatic carbocycles. The Labute approximate surface area is 115 Å². The molecule has 1 fully saturated rings. The van der Waals surface area contributed by atoms with Gasteiger partial charge in [0, 0.05) is 13.2 Å². The van der Waals surface area contributed by atoms with Gasteiger partial charge in [0.25, 0.3) is 0 Å². The molecule has 1 saturated heterocycles. The molecule has 4 N–H and O–H groups in total. The van der Waals surface area contributed by atoms with Gasteiger partial charge in [-0.25, -0.2) is 4.79 Å². The largest absolute Gasteiger partial charge is 0.394 e. The number of carbonyl (C=O) groups is 3. The average Bonchev–Trinajstić information content (AvgIpc) is 2.76. The molecule has 0 saturated carbocycles.